The van der Waals surface area contributed by atoms with Crippen LogP contribution in [0.3, 0.4) is 0 Å². The van der Waals surface area contributed by atoms with Crippen LogP contribution in [-0.4, -0.2) is 44.5 Å². The fraction of sp³-hybridized carbons (Fsp3) is 0.889. The first-order chi connectivity index (χ1) is 7.18. The van der Waals surface area contributed by atoms with Crippen LogP contribution in [0, 0.1) is 0 Å². The van der Waals surface area contributed by atoms with Crippen molar-refractivity contribution < 1.29 is 23.1 Å². The van der Waals surface area contributed by atoms with Crippen LogP contribution in [0.5, 0.6) is 0 Å². The van der Waals surface area contributed by atoms with Crippen molar-refractivity contribution in [2.75, 3.05) is 19.5 Å². The molecule has 0 atom stereocenters. The summed E-state index contributed by atoms with van der Waals surface area (Å²) in [5.74, 6) is -1.10. The molecule has 0 radical (unpaired) electrons. The Balaban J connectivity index is 4.29. The molecule has 16 heavy (non-hydrogen) atoms. The van der Waals surface area contributed by atoms with Gasteiger partial charge in [-0.3, -0.25) is 4.79 Å². The third kappa shape index (κ3) is 7.61. The lowest BCUT2D eigenvalue weighted by Gasteiger charge is -2.23. The van der Waals surface area contributed by atoms with Crippen molar-refractivity contribution in [1.29, 1.82) is 0 Å². The summed E-state index contributed by atoms with van der Waals surface area (Å²) in [6, 6.07) is 0. The number of aliphatic carboxylic acids is 1. The van der Waals surface area contributed by atoms with Gasteiger partial charge in [0.05, 0.1) is 12.2 Å². The molecule has 0 aliphatic carbocycles. The largest absolute Gasteiger partial charge is 0.481 e. The minimum absolute atomic E-state index is 0.0656. The van der Waals surface area contributed by atoms with Crippen LogP contribution in [0.25, 0.3) is 0 Å². The molecular weight excluding hydrogens is 234 g/mol. The minimum atomic E-state index is -3.45. The number of ether oxygens (including phenoxy) is 1. The van der Waals surface area contributed by atoms with Crippen LogP contribution in [0.2, 0.25) is 0 Å². The van der Waals surface area contributed by atoms with Crippen molar-refractivity contribution in [1.82, 2.24) is 4.72 Å². The molecule has 0 amide bonds. The van der Waals surface area contributed by atoms with Crippen LogP contribution in [0.4, 0.5) is 0 Å². The van der Waals surface area contributed by atoms with Crippen LogP contribution >= 0.6 is 0 Å². The summed E-state index contributed by atoms with van der Waals surface area (Å²) in [5.41, 5.74) is -0.974. The number of hydrogen-bond acceptors (Lipinski definition) is 4. The normalized spacial score (nSPS) is 12.7. The lowest BCUT2D eigenvalue weighted by Crippen LogP contribution is -2.45. The Labute approximate surface area is 96.0 Å². The van der Waals surface area contributed by atoms with Crippen molar-refractivity contribution in [2.24, 2.45) is 0 Å². The molecule has 0 fully saturated rings. The smallest absolute Gasteiger partial charge is 0.305 e. The van der Waals surface area contributed by atoms with Crippen LogP contribution < -0.4 is 4.72 Å². The Bertz CT molecular complexity index is 323. The Kier molecular flexibility index (Phi) is 5.91. The molecule has 7 heteroatoms. The van der Waals surface area contributed by atoms with Gasteiger partial charge in [0.1, 0.15) is 0 Å². The van der Waals surface area contributed by atoms with Gasteiger partial charge in [-0.2, -0.15) is 0 Å². The van der Waals surface area contributed by atoms with Crippen LogP contribution in [0.1, 0.15) is 26.7 Å². The van der Waals surface area contributed by atoms with E-state index in [2.05, 4.69) is 4.72 Å². The van der Waals surface area contributed by atoms with Gasteiger partial charge in [-0.1, -0.05) is 0 Å². The predicted molar refractivity (Wildman–Crippen MR) is 59.7 cm³/mol. The zero-order chi connectivity index (χ0) is 12.8. The molecule has 0 saturated heterocycles. The topological polar surface area (TPSA) is 92.7 Å². The zero-order valence-corrected chi connectivity index (χ0v) is 10.6. The zero-order valence-electron chi connectivity index (χ0n) is 9.82. The summed E-state index contributed by atoms with van der Waals surface area (Å²) in [5, 5.41) is 8.61. The van der Waals surface area contributed by atoms with E-state index in [1.165, 1.54) is 21.0 Å². The van der Waals surface area contributed by atoms with Gasteiger partial charge < -0.3 is 9.84 Å². The molecule has 0 bridgehead atoms. The quantitative estimate of drug-likeness (QED) is 0.603. The standard InChI is InChI=1S/C9H19NO5S/c1-9(2,7-8(11)12)10-16(13,14)6-4-5-15-3/h10H,4-7H2,1-3H3,(H,11,12). The molecule has 0 rings (SSSR count). The second-order valence-electron chi connectivity index (χ2n) is 4.22. The van der Waals surface area contributed by atoms with E-state index in [-0.39, 0.29) is 12.2 Å². The average molecular weight is 253 g/mol. The van der Waals surface area contributed by atoms with Gasteiger partial charge in [0, 0.05) is 19.3 Å². The van der Waals surface area contributed by atoms with E-state index < -0.39 is 21.5 Å². The summed E-state index contributed by atoms with van der Waals surface area (Å²) in [4.78, 5) is 10.5. The second kappa shape index (κ2) is 6.17. The van der Waals surface area contributed by atoms with E-state index in [9.17, 15) is 13.2 Å². The van der Waals surface area contributed by atoms with Crippen molar-refractivity contribution in [2.45, 2.75) is 32.2 Å². The molecule has 0 aliphatic rings. The van der Waals surface area contributed by atoms with E-state index in [4.69, 9.17) is 9.84 Å². The van der Waals surface area contributed by atoms with Gasteiger partial charge >= 0.3 is 5.97 Å². The lowest BCUT2D eigenvalue weighted by atomic mass is 10.0. The first kappa shape index (κ1) is 15.3. The van der Waals surface area contributed by atoms with Crippen LogP contribution in [-0.2, 0) is 19.6 Å². The molecule has 0 aliphatic heterocycles. The van der Waals surface area contributed by atoms with Crippen molar-refractivity contribution in [3.05, 3.63) is 0 Å². The summed E-state index contributed by atoms with van der Waals surface area (Å²) in [6.07, 6.45) is 0.130. The lowest BCUT2D eigenvalue weighted by molar-refractivity contribution is -0.138. The van der Waals surface area contributed by atoms with Gasteiger partial charge in [0.25, 0.3) is 0 Å². The summed E-state index contributed by atoms with van der Waals surface area (Å²) in [6.45, 7) is 3.43. The Hall–Kier alpha value is -0.660. The van der Waals surface area contributed by atoms with Crippen molar-refractivity contribution in [3.8, 4) is 0 Å². The molecule has 0 aromatic rings. The molecule has 6 nitrogen and oxygen atoms in total. The minimum Gasteiger partial charge on any atom is -0.481 e. The second-order valence-corrected chi connectivity index (χ2v) is 6.06. The fourth-order valence-electron chi connectivity index (χ4n) is 1.28. The molecular formula is C9H19NO5S. The van der Waals surface area contributed by atoms with Crippen LogP contribution in [0.15, 0.2) is 0 Å². The average Bonchev–Trinajstić information content (AvgIpc) is 1.98. The monoisotopic (exact) mass is 253 g/mol. The maximum Gasteiger partial charge on any atom is 0.305 e. The number of sulfonamides is 1. The Morgan fingerprint density at radius 3 is 2.44 bits per heavy atom. The predicted octanol–water partition coefficient (Wildman–Crippen LogP) is 0.196. The molecule has 0 spiro atoms. The summed E-state index contributed by atoms with van der Waals surface area (Å²) < 4.78 is 30.2. The number of carbonyl (C=O) groups is 1. The highest BCUT2D eigenvalue weighted by Gasteiger charge is 2.27. The molecule has 0 aromatic heterocycles. The molecule has 0 heterocycles. The molecule has 0 unspecified atom stereocenters. The first-order valence-electron chi connectivity index (χ1n) is 4.91. The third-order valence-corrected chi connectivity index (χ3v) is 3.48. The molecule has 0 aromatic carbocycles. The van der Waals surface area contributed by atoms with E-state index in [1.807, 2.05) is 0 Å². The Morgan fingerprint density at radius 1 is 1.44 bits per heavy atom. The number of carboxylic acids is 1. The highest BCUT2D eigenvalue weighted by atomic mass is 32.2. The van der Waals surface area contributed by atoms with E-state index in [1.54, 1.807) is 0 Å². The van der Waals surface area contributed by atoms with Gasteiger partial charge in [-0.05, 0) is 20.3 Å². The van der Waals surface area contributed by atoms with E-state index in [0.717, 1.165) is 0 Å². The van der Waals surface area contributed by atoms with Gasteiger partial charge in [-0.15, -0.1) is 0 Å². The summed E-state index contributed by atoms with van der Waals surface area (Å²) in [7, 11) is -1.96. The number of methoxy groups -OCH3 is 1. The maximum atomic E-state index is 11.5. The van der Waals surface area contributed by atoms with E-state index >= 15 is 0 Å². The fourth-order valence-corrected chi connectivity index (χ4v) is 2.79. The van der Waals surface area contributed by atoms with Gasteiger partial charge in [0.15, 0.2) is 0 Å². The van der Waals surface area contributed by atoms with Gasteiger partial charge in [-0.25, -0.2) is 13.1 Å². The number of nitrogens with one attached hydrogen (secondary N) is 1. The van der Waals surface area contributed by atoms with Gasteiger partial charge in [0.2, 0.25) is 10.0 Å². The molecule has 96 valence electrons. The third-order valence-electron chi connectivity index (χ3n) is 1.79. The number of hydrogen-bond donors (Lipinski definition) is 2. The highest BCUT2D eigenvalue weighted by molar-refractivity contribution is 7.89. The van der Waals surface area contributed by atoms with Crippen molar-refractivity contribution >= 4 is 16.0 Å². The molecule has 0 saturated carbocycles. The van der Waals surface area contributed by atoms with Crippen molar-refractivity contribution in [3.63, 3.8) is 0 Å². The Morgan fingerprint density at radius 2 is 2.00 bits per heavy atom. The number of carboxylic acid groups (broad SMARTS) is 1. The molecule has 2 N–H and O–H groups in total. The highest BCUT2D eigenvalue weighted by Crippen LogP contribution is 2.10. The number of rotatable bonds is 8. The maximum absolute atomic E-state index is 11.5. The SMILES string of the molecule is COCCCS(=O)(=O)NC(C)(C)CC(=O)O. The summed E-state index contributed by atoms with van der Waals surface area (Å²) >= 11 is 0. The first-order valence-corrected chi connectivity index (χ1v) is 6.56. The van der Waals surface area contributed by atoms with E-state index in [0.29, 0.717) is 13.0 Å².